The fourth-order valence-electron chi connectivity index (χ4n) is 4.36. The summed E-state index contributed by atoms with van der Waals surface area (Å²) in [6.07, 6.45) is 3.39. The summed E-state index contributed by atoms with van der Waals surface area (Å²) in [5, 5.41) is 30.2. The summed E-state index contributed by atoms with van der Waals surface area (Å²) < 4.78 is 7.41. The number of non-ortho nitro benzene ring substituents is 1. The van der Waals surface area contributed by atoms with Gasteiger partial charge in [0.05, 0.1) is 35.3 Å². The van der Waals surface area contributed by atoms with E-state index in [0.717, 1.165) is 10.5 Å². The fraction of sp³-hybridized carbons (Fsp3) is 0.375. The first-order valence-electron chi connectivity index (χ1n) is 11.2. The van der Waals surface area contributed by atoms with Crippen molar-refractivity contribution in [3.05, 3.63) is 80.6 Å². The van der Waals surface area contributed by atoms with Gasteiger partial charge in [-0.2, -0.15) is 0 Å². The molecule has 35 heavy (non-hydrogen) atoms. The predicted octanol–water partition coefficient (Wildman–Crippen LogP) is 1.67. The van der Waals surface area contributed by atoms with Crippen LogP contribution in [0.15, 0.2) is 59.4 Å². The number of β-lactam (4-membered cyclic amide) rings is 1. The smallest absolute Gasteiger partial charge is 0.356 e. The van der Waals surface area contributed by atoms with E-state index in [1.165, 1.54) is 40.9 Å². The van der Waals surface area contributed by atoms with Crippen LogP contribution in [0.3, 0.4) is 0 Å². The van der Waals surface area contributed by atoms with Crippen LogP contribution in [-0.2, 0) is 34.1 Å². The maximum absolute atomic E-state index is 13.0. The molecule has 1 saturated heterocycles. The molecule has 11 heteroatoms. The number of aliphatic hydroxyl groups is 2. The number of benzene rings is 1. The van der Waals surface area contributed by atoms with E-state index >= 15 is 0 Å². The molecule has 2 aliphatic heterocycles. The number of carbonyl (C=O) groups excluding carboxylic acids is 2. The minimum Gasteiger partial charge on any atom is -0.456 e. The molecule has 10 nitrogen and oxygen atoms in total. The normalized spacial score (nSPS) is 19.9. The zero-order valence-corrected chi connectivity index (χ0v) is 19.9. The number of aromatic nitrogens is 1. The van der Waals surface area contributed by atoms with Crippen LogP contribution in [-0.4, -0.2) is 49.8 Å². The highest BCUT2D eigenvalue weighted by molar-refractivity contribution is 8.03. The van der Waals surface area contributed by atoms with Gasteiger partial charge in [0, 0.05) is 35.1 Å². The summed E-state index contributed by atoms with van der Waals surface area (Å²) in [4.78, 5) is 38.2. The van der Waals surface area contributed by atoms with Gasteiger partial charge >= 0.3 is 5.97 Å². The van der Waals surface area contributed by atoms with Gasteiger partial charge in [0.15, 0.2) is 18.9 Å². The maximum atomic E-state index is 13.0. The molecule has 0 spiro atoms. The average molecular weight is 501 g/mol. The number of esters is 1. The Kier molecular flexibility index (Phi) is 7.48. The van der Waals surface area contributed by atoms with Gasteiger partial charge in [0.2, 0.25) is 5.91 Å². The van der Waals surface area contributed by atoms with E-state index < -0.39 is 22.9 Å². The van der Waals surface area contributed by atoms with Gasteiger partial charge in [0.1, 0.15) is 12.3 Å². The minimum atomic E-state index is -0.817. The van der Waals surface area contributed by atoms with E-state index in [9.17, 15) is 29.9 Å². The van der Waals surface area contributed by atoms with Crippen LogP contribution in [0.4, 0.5) is 5.69 Å². The fourth-order valence-corrected chi connectivity index (χ4v) is 5.52. The monoisotopic (exact) mass is 500 g/mol. The van der Waals surface area contributed by atoms with Crippen molar-refractivity contribution in [3.63, 3.8) is 0 Å². The number of nitro benzene ring substituents is 1. The third kappa shape index (κ3) is 5.21. The number of aryl methyl sites for hydroxylation is 1. The number of amides is 1. The third-order valence-electron chi connectivity index (χ3n) is 6.13. The summed E-state index contributed by atoms with van der Waals surface area (Å²) in [5.74, 6) is -0.864. The van der Waals surface area contributed by atoms with E-state index in [0.29, 0.717) is 24.3 Å². The Labute approximate surface area is 206 Å². The number of fused-ring (bicyclic) bond motifs is 1. The van der Waals surface area contributed by atoms with Crippen molar-refractivity contribution in [2.75, 3.05) is 5.75 Å². The Hall–Kier alpha value is -3.28. The van der Waals surface area contributed by atoms with Crippen LogP contribution < -0.4 is 4.57 Å². The Morgan fingerprint density at radius 1 is 1.31 bits per heavy atom. The maximum Gasteiger partial charge on any atom is 0.356 e. The number of carbonyl (C=O) groups is 2. The topological polar surface area (TPSA) is 134 Å². The largest absolute Gasteiger partial charge is 0.456 e. The standard InChI is InChI=1S/C24H26N3O7S/c1-15(29)21-19-11-20(35-10-9-25-8-2-3-17(12-25)13-28)22(26(19)23(21)30)24(31)34-14-16-4-6-18(7-5-16)27(32)33/h2-8,12,15,19,21,28-29H,9-11,13-14H2,1H3/q+1/t15-,19-,21-/m1/s1. The number of hydrogen-bond acceptors (Lipinski definition) is 8. The molecule has 0 radical (unpaired) electrons. The van der Waals surface area contributed by atoms with Crippen molar-refractivity contribution < 1.29 is 34.0 Å². The highest BCUT2D eigenvalue weighted by Gasteiger charge is 2.57. The van der Waals surface area contributed by atoms with Crippen LogP contribution in [0.5, 0.6) is 0 Å². The number of hydrogen-bond donors (Lipinski definition) is 2. The number of thioether (sulfide) groups is 1. The van der Waals surface area contributed by atoms with Gasteiger partial charge in [-0.25, -0.2) is 9.36 Å². The van der Waals surface area contributed by atoms with E-state index in [1.807, 2.05) is 29.1 Å². The number of nitrogens with zero attached hydrogens (tertiary/aromatic N) is 3. The second kappa shape index (κ2) is 10.5. The average Bonchev–Trinajstić information content (AvgIpc) is 3.16. The number of pyridine rings is 1. The lowest BCUT2D eigenvalue weighted by molar-refractivity contribution is -0.692. The first kappa shape index (κ1) is 24.8. The van der Waals surface area contributed by atoms with Gasteiger partial charge in [-0.3, -0.25) is 14.9 Å². The van der Waals surface area contributed by atoms with Gasteiger partial charge in [-0.15, -0.1) is 11.8 Å². The lowest BCUT2D eigenvalue weighted by Gasteiger charge is -2.44. The zero-order chi connectivity index (χ0) is 25.1. The molecular weight excluding hydrogens is 474 g/mol. The second-order valence-corrected chi connectivity index (χ2v) is 9.66. The number of ether oxygens (including phenoxy) is 1. The Bertz CT molecular complexity index is 1170. The van der Waals surface area contributed by atoms with Crippen molar-refractivity contribution in [2.24, 2.45) is 5.92 Å². The van der Waals surface area contributed by atoms with E-state index in [-0.39, 0.29) is 36.5 Å². The number of nitro groups is 1. The summed E-state index contributed by atoms with van der Waals surface area (Å²) in [5.41, 5.74) is 1.53. The minimum absolute atomic E-state index is 0.0522. The van der Waals surface area contributed by atoms with Gasteiger partial charge in [-0.1, -0.05) is 0 Å². The van der Waals surface area contributed by atoms with E-state index in [4.69, 9.17) is 4.74 Å². The predicted molar refractivity (Wildman–Crippen MR) is 125 cm³/mol. The zero-order valence-electron chi connectivity index (χ0n) is 19.1. The molecule has 3 atom stereocenters. The van der Waals surface area contributed by atoms with Crippen LogP contribution in [0, 0.1) is 16.0 Å². The highest BCUT2D eigenvalue weighted by atomic mass is 32.2. The molecule has 2 aliphatic rings. The molecule has 2 aromatic rings. The SMILES string of the molecule is C[C@@H](O)[C@H]1C(=O)N2C(C(=O)OCc3ccc([N+](=O)[O-])cc3)=C(SCC[n+]3cccc(CO)c3)C[C@H]12. The van der Waals surface area contributed by atoms with Gasteiger partial charge in [-0.05, 0) is 30.7 Å². The molecule has 1 aromatic carbocycles. The molecule has 1 amide bonds. The van der Waals surface area contributed by atoms with E-state index in [2.05, 4.69) is 0 Å². The molecule has 0 unspecified atom stereocenters. The lowest BCUT2D eigenvalue weighted by atomic mass is 9.83. The molecule has 3 heterocycles. The number of rotatable bonds is 10. The van der Waals surface area contributed by atoms with Crippen molar-refractivity contribution in [2.45, 2.75) is 45.2 Å². The van der Waals surface area contributed by atoms with Crippen LogP contribution in [0.25, 0.3) is 0 Å². The molecule has 0 saturated carbocycles. The molecule has 1 aromatic heterocycles. The highest BCUT2D eigenvalue weighted by Crippen LogP contribution is 2.47. The van der Waals surface area contributed by atoms with Crippen LogP contribution >= 0.6 is 11.8 Å². The first-order valence-corrected chi connectivity index (χ1v) is 12.1. The summed E-state index contributed by atoms with van der Waals surface area (Å²) in [6.45, 7) is 2.06. The van der Waals surface area contributed by atoms with Crippen LogP contribution in [0.1, 0.15) is 24.5 Å². The van der Waals surface area contributed by atoms with Crippen molar-refractivity contribution in [1.29, 1.82) is 0 Å². The van der Waals surface area contributed by atoms with Gasteiger partial charge < -0.3 is 19.8 Å². The second-order valence-electron chi connectivity index (χ2n) is 8.47. The molecule has 2 N–H and O–H groups in total. The van der Waals surface area contributed by atoms with Crippen LogP contribution in [0.2, 0.25) is 0 Å². The first-order chi connectivity index (χ1) is 16.8. The molecule has 4 rings (SSSR count). The van der Waals surface area contributed by atoms with E-state index in [1.54, 1.807) is 6.92 Å². The third-order valence-corrected chi connectivity index (χ3v) is 7.22. The molecule has 184 valence electrons. The van der Waals surface area contributed by atoms with Crippen molar-refractivity contribution >= 4 is 29.3 Å². The molecular formula is C24H26N3O7S+. The molecule has 0 bridgehead atoms. The number of aliphatic hydroxyl groups excluding tert-OH is 2. The Morgan fingerprint density at radius 3 is 2.71 bits per heavy atom. The van der Waals surface area contributed by atoms with Crippen molar-refractivity contribution in [3.8, 4) is 0 Å². The summed E-state index contributed by atoms with van der Waals surface area (Å²) in [6, 6.07) is 9.11. The van der Waals surface area contributed by atoms with Gasteiger partial charge in [0.25, 0.3) is 5.69 Å². The Balaban J connectivity index is 1.46. The molecule has 1 fully saturated rings. The summed E-state index contributed by atoms with van der Waals surface area (Å²) >= 11 is 1.46. The molecule has 0 aliphatic carbocycles. The lowest BCUT2D eigenvalue weighted by Crippen LogP contribution is -2.61. The van der Waals surface area contributed by atoms with Crippen molar-refractivity contribution in [1.82, 2.24) is 4.90 Å². The quantitative estimate of drug-likeness (QED) is 0.165. The Morgan fingerprint density at radius 2 is 2.06 bits per heavy atom. The summed E-state index contributed by atoms with van der Waals surface area (Å²) in [7, 11) is 0.